The highest BCUT2D eigenvalue weighted by molar-refractivity contribution is 7.22. The fraction of sp³-hybridized carbons (Fsp3) is 0.320. The minimum atomic E-state index is -0.626. The molecule has 1 amide bonds. The number of carbonyl (C=O) groups is 1. The predicted molar refractivity (Wildman–Crippen MR) is 136 cm³/mol. The highest BCUT2D eigenvalue weighted by Crippen LogP contribution is 2.40. The maximum atomic E-state index is 12.6. The van der Waals surface area contributed by atoms with Gasteiger partial charge < -0.3 is 24.1 Å². The Hall–Kier alpha value is -3.63. The Kier molecular flexibility index (Phi) is 6.56. The molecule has 1 saturated heterocycles. The molecule has 1 aliphatic heterocycles. The molecular formula is C25H26N4O5S. The second kappa shape index (κ2) is 9.93. The fourth-order valence-corrected chi connectivity index (χ4v) is 5.34. The number of rotatable bonds is 7. The molecule has 3 heterocycles. The van der Waals surface area contributed by atoms with Crippen LogP contribution >= 0.6 is 11.3 Å². The Bertz CT molecular complexity index is 1380. The van der Waals surface area contributed by atoms with Gasteiger partial charge in [-0.25, -0.2) is 9.78 Å². The molecular weight excluding hydrogens is 468 g/mol. The van der Waals surface area contributed by atoms with Gasteiger partial charge in [-0.15, -0.1) is 0 Å². The van der Waals surface area contributed by atoms with Crippen molar-refractivity contribution >= 4 is 43.6 Å². The molecule has 9 nitrogen and oxygen atoms in total. The third-order valence-electron chi connectivity index (χ3n) is 6.14. The number of piperazine rings is 1. The first-order chi connectivity index (χ1) is 17.1. The van der Waals surface area contributed by atoms with Crippen molar-refractivity contribution in [3.8, 4) is 11.5 Å². The topological polar surface area (TPSA) is 97.1 Å². The largest absolute Gasteiger partial charge is 0.495 e. The SMILES string of the molecule is COc1ccc(OC)c2sc(N3CCN(CCNC(=O)c4cc5ccccc5oc4=O)CC3)nc12. The van der Waals surface area contributed by atoms with Gasteiger partial charge in [0, 0.05) is 44.7 Å². The number of fused-ring (bicyclic) bond motifs is 2. The van der Waals surface area contributed by atoms with Crippen LogP contribution in [-0.4, -0.2) is 69.3 Å². The zero-order valence-electron chi connectivity index (χ0n) is 19.6. The van der Waals surface area contributed by atoms with E-state index in [1.807, 2.05) is 24.3 Å². The third-order valence-corrected chi connectivity index (χ3v) is 7.27. The van der Waals surface area contributed by atoms with Crippen molar-refractivity contribution in [2.45, 2.75) is 0 Å². The third kappa shape index (κ3) is 4.67. The van der Waals surface area contributed by atoms with Crippen molar-refractivity contribution in [1.29, 1.82) is 0 Å². The molecule has 0 saturated carbocycles. The van der Waals surface area contributed by atoms with E-state index in [0.29, 0.717) is 18.7 Å². The first-order valence-corrected chi connectivity index (χ1v) is 12.2. The van der Waals surface area contributed by atoms with Gasteiger partial charge in [0.2, 0.25) is 0 Å². The molecule has 0 radical (unpaired) electrons. The number of benzene rings is 2. The maximum absolute atomic E-state index is 12.6. The van der Waals surface area contributed by atoms with E-state index in [-0.39, 0.29) is 5.56 Å². The van der Waals surface area contributed by atoms with Gasteiger partial charge in [-0.3, -0.25) is 9.69 Å². The van der Waals surface area contributed by atoms with Gasteiger partial charge in [-0.2, -0.15) is 0 Å². The summed E-state index contributed by atoms with van der Waals surface area (Å²) < 4.78 is 17.2. The number of amides is 1. The Morgan fingerprint density at radius 2 is 1.83 bits per heavy atom. The average molecular weight is 495 g/mol. The molecule has 4 aromatic rings. The molecule has 2 aromatic heterocycles. The van der Waals surface area contributed by atoms with Gasteiger partial charge in [0.15, 0.2) is 5.13 Å². The van der Waals surface area contributed by atoms with Gasteiger partial charge in [0.1, 0.15) is 32.9 Å². The van der Waals surface area contributed by atoms with Gasteiger partial charge in [0.05, 0.1) is 14.2 Å². The number of anilines is 1. The standard InChI is InChI=1S/C25H26N4O5S/c1-32-19-7-8-20(33-2)22-21(19)27-25(35-22)29-13-11-28(12-14-29)10-9-26-23(30)17-15-16-5-3-4-6-18(16)34-24(17)31/h3-8,15H,9-14H2,1-2H3,(H,26,30). The minimum Gasteiger partial charge on any atom is -0.495 e. The highest BCUT2D eigenvalue weighted by atomic mass is 32.1. The number of hydrogen-bond acceptors (Lipinski definition) is 9. The van der Waals surface area contributed by atoms with Crippen LogP contribution in [-0.2, 0) is 0 Å². The van der Waals surface area contributed by atoms with Crippen molar-refractivity contribution in [1.82, 2.24) is 15.2 Å². The summed E-state index contributed by atoms with van der Waals surface area (Å²) in [4.78, 5) is 34.1. The molecule has 1 N–H and O–H groups in total. The van der Waals surface area contributed by atoms with Crippen molar-refractivity contribution in [3.63, 3.8) is 0 Å². The Labute approximate surface area is 205 Å². The Morgan fingerprint density at radius 3 is 2.60 bits per heavy atom. The molecule has 182 valence electrons. The number of nitrogens with one attached hydrogen (secondary N) is 1. The van der Waals surface area contributed by atoms with E-state index in [2.05, 4.69) is 15.1 Å². The van der Waals surface area contributed by atoms with Crippen molar-refractivity contribution in [3.05, 3.63) is 58.4 Å². The van der Waals surface area contributed by atoms with Gasteiger partial charge in [0.25, 0.3) is 5.91 Å². The number of thiazole rings is 1. The van der Waals surface area contributed by atoms with Crippen LogP contribution in [0, 0.1) is 0 Å². The molecule has 35 heavy (non-hydrogen) atoms. The van der Waals surface area contributed by atoms with Gasteiger partial charge >= 0.3 is 5.63 Å². The average Bonchev–Trinajstić information content (AvgIpc) is 3.33. The molecule has 0 atom stereocenters. The molecule has 10 heteroatoms. The number of nitrogens with zero attached hydrogens (tertiary/aromatic N) is 3. The smallest absolute Gasteiger partial charge is 0.349 e. The molecule has 0 unspecified atom stereocenters. The minimum absolute atomic E-state index is 0.0233. The maximum Gasteiger partial charge on any atom is 0.349 e. The lowest BCUT2D eigenvalue weighted by atomic mass is 10.2. The van der Waals surface area contributed by atoms with Crippen LogP contribution in [0.4, 0.5) is 5.13 Å². The highest BCUT2D eigenvalue weighted by Gasteiger charge is 2.22. The van der Waals surface area contributed by atoms with Crippen LogP contribution in [0.5, 0.6) is 11.5 Å². The van der Waals surface area contributed by atoms with Crippen LogP contribution in [0.15, 0.2) is 51.7 Å². The summed E-state index contributed by atoms with van der Waals surface area (Å²) in [5.41, 5.74) is 0.682. The number of aromatic nitrogens is 1. The monoisotopic (exact) mass is 494 g/mol. The van der Waals surface area contributed by atoms with E-state index in [9.17, 15) is 9.59 Å². The van der Waals surface area contributed by atoms with E-state index >= 15 is 0 Å². The van der Waals surface area contributed by atoms with Crippen molar-refractivity contribution in [2.24, 2.45) is 0 Å². The summed E-state index contributed by atoms with van der Waals surface area (Å²) in [6, 6.07) is 12.5. The molecule has 2 aromatic carbocycles. The van der Waals surface area contributed by atoms with Gasteiger partial charge in [-0.05, 0) is 24.3 Å². The lowest BCUT2D eigenvalue weighted by Gasteiger charge is -2.34. The summed E-state index contributed by atoms with van der Waals surface area (Å²) >= 11 is 1.60. The molecule has 0 bridgehead atoms. The summed E-state index contributed by atoms with van der Waals surface area (Å²) in [7, 11) is 3.30. The van der Waals surface area contributed by atoms with Crippen LogP contribution in [0.2, 0.25) is 0 Å². The number of carbonyl (C=O) groups excluding carboxylic acids is 1. The molecule has 1 aliphatic rings. The Balaban J connectivity index is 1.16. The van der Waals surface area contributed by atoms with Crippen LogP contribution in [0.25, 0.3) is 21.2 Å². The summed E-state index contributed by atoms with van der Waals surface area (Å²) in [6.07, 6.45) is 0. The lowest BCUT2D eigenvalue weighted by molar-refractivity contribution is 0.0944. The van der Waals surface area contributed by atoms with E-state index in [4.69, 9.17) is 18.9 Å². The summed E-state index contributed by atoms with van der Waals surface area (Å²) in [6.45, 7) is 4.48. The first-order valence-electron chi connectivity index (χ1n) is 11.4. The first kappa shape index (κ1) is 23.1. The molecule has 5 rings (SSSR count). The Morgan fingerprint density at radius 1 is 1.09 bits per heavy atom. The summed E-state index contributed by atoms with van der Waals surface area (Å²) in [5.74, 6) is 1.11. The van der Waals surface area contributed by atoms with Crippen molar-refractivity contribution < 1.29 is 18.7 Å². The molecule has 0 aliphatic carbocycles. The molecule has 0 spiro atoms. The van der Waals surface area contributed by atoms with E-state index in [0.717, 1.165) is 58.4 Å². The van der Waals surface area contributed by atoms with Crippen LogP contribution < -0.4 is 25.3 Å². The zero-order chi connectivity index (χ0) is 24.4. The number of hydrogen-bond donors (Lipinski definition) is 1. The van der Waals surface area contributed by atoms with E-state index in [1.54, 1.807) is 43.8 Å². The summed E-state index contributed by atoms with van der Waals surface area (Å²) in [5, 5.41) is 4.51. The zero-order valence-corrected chi connectivity index (χ0v) is 20.4. The number of methoxy groups -OCH3 is 2. The van der Waals surface area contributed by atoms with Gasteiger partial charge in [-0.1, -0.05) is 29.5 Å². The van der Waals surface area contributed by atoms with Crippen molar-refractivity contribution in [2.75, 3.05) is 58.4 Å². The predicted octanol–water partition coefficient (Wildman–Crippen LogP) is 2.97. The van der Waals surface area contributed by atoms with E-state index in [1.165, 1.54) is 0 Å². The van der Waals surface area contributed by atoms with Crippen LogP contribution in [0.1, 0.15) is 10.4 Å². The second-order valence-electron chi connectivity index (χ2n) is 8.21. The second-order valence-corrected chi connectivity index (χ2v) is 9.19. The molecule has 1 fully saturated rings. The van der Waals surface area contributed by atoms with E-state index < -0.39 is 11.5 Å². The lowest BCUT2D eigenvalue weighted by Crippen LogP contribution is -2.48. The number of ether oxygens (including phenoxy) is 2. The fourth-order valence-electron chi connectivity index (χ4n) is 4.22. The quantitative estimate of drug-likeness (QED) is 0.392. The normalized spacial score (nSPS) is 14.4. The van der Waals surface area contributed by atoms with Crippen LogP contribution in [0.3, 0.4) is 0 Å². The number of para-hydroxylation sites is 1.